The van der Waals surface area contributed by atoms with E-state index in [4.69, 9.17) is 9.84 Å². The second-order valence-corrected chi connectivity index (χ2v) is 12.8. The topological polar surface area (TPSA) is 63.6 Å². The van der Waals surface area contributed by atoms with E-state index < -0.39 is 5.97 Å². The maximum absolute atomic E-state index is 12.4. The van der Waals surface area contributed by atoms with Crippen molar-refractivity contribution in [3.8, 4) is 0 Å². The van der Waals surface area contributed by atoms with Crippen molar-refractivity contribution >= 4 is 11.9 Å². The van der Waals surface area contributed by atoms with E-state index in [0.717, 1.165) is 32.1 Å². The Hall–Kier alpha value is -1.06. The van der Waals surface area contributed by atoms with Crippen molar-refractivity contribution in [1.29, 1.82) is 0 Å². The van der Waals surface area contributed by atoms with Crippen LogP contribution in [0.2, 0.25) is 0 Å². The van der Waals surface area contributed by atoms with E-state index in [0.29, 0.717) is 12.8 Å². The summed E-state index contributed by atoms with van der Waals surface area (Å²) in [5.74, 6) is -0.942. The average Bonchev–Trinajstić information content (AvgIpc) is 2.96. The summed E-state index contributed by atoms with van der Waals surface area (Å²) in [5, 5.41) is 9.09. The molecule has 0 aliphatic rings. The Morgan fingerprint density at radius 3 is 1.10 bits per heavy atom. The molecule has 41 heavy (non-hydrogen) atoms. The highest BCUT2D eigenvalue weighted by Gasteiger charge is 2.16. The van der Waals surface area contributed by atoms with Gasteiger partial charge in [0.25, 0.3) is 0 Å². The summed E-state index contributed by atoms with van der Waals surface area (Å²) in [7, 11) is 0. The molecule has 0 fully saturated rings. The molecule has 0 aliphatic carbocycles. The number of rotatable bonds is 34. The molecule has 0 aromatic carbocycles. The highest BCUT2D eigenvalue weighted by Crippen LogP contribution is 2.18. The first kappa shape index (κ1) is 39.9. The summed E-state index contributed by atoms with van der Waals surface area (Å²) >= 11 is 0. The number of carbonyl (C=O) groups excluding carboxylic acids is 1. The fraction of sp³-hybridized carbons (Fsp3) is 0.946. The Labute approximate surface area is 256 Å². The van der Waals surface area contributed by atoms with Crippen LogP contribution in [0.25, 0.3) is 0 Å². The van der Waals surface area contributed by atoms with Crippen molar-refractivity contribution in [2.75, 3.05) is 0 Å². The summed E-state index contributed by atoms with van der Waals surface area (Å²) in [5.41, 5.74) is 0. The molecule has 4 nitrogen and oxygen atoms in total. The van der Waals surface area contributed by atoms with Gasteiger partial charge in [-0.1, -0.05) is 181 Å². The monoisotopic (exact) mass is 581 g/mol. The lowest BCUT2D eigenvalue weighted by atomic mass is 10.0. The molecular formula is C37H72O4. The van der Waals surface area contributed by atoms with E-state index in [-0.39, 0.29) is 18.5 Å². The number of carboxylic acids is 1. The lowest BCUT2D eigenvalue weighted by molar-refractivity contribution is -0.151. The molecular weight excluding hydrogens is 508 g/mol. The molecule has 0 bridgehead atoms. The minimum Gasteiger partial charge on any atom is -0.481 e. The van der Waals surface area contributed by atoms with Crippen molar-refractivity contribution < 1.29 is 19.4 Å². The van der Waals surface area contributed by atoms with Crippen LogP contribution in [0.3, 0.4) is 0 Å². The SMILES string of the molecule is CCCCCCCCCCCCCCCCCCC(CCC(=O)O)OC(=O)CCCCCCCCCCCCCC. The van der Waals surface area contributed by atoms with Crippen LogP contribution in [0.4, 0.5) is 0 Å². The van der Waals surface area contributed by atoms with Gasteiger partial charge in [-0.25, -0.2) is 0 Å². The number of unbranched alkanes of at least 4 members (excludes halogenated alkanes) is 26. The Morgan fingerprint density at radius 2 is 0.756 bits per heavy atom. The molecule has 1 unspecified atom stereocenters. The number of ether oxygens (including phenoxy) is 1. The third kappa shape index (κ3) is 33.3. The van der Waals surface area contributed by atoms with E-state index >= 15 is 0 Å². The van der Waals surface area contributed by atoms with Crippen molar-refractivity contribution in [1.82, 2.24) is 0 Å². The van der Waals surface area contributed by atoms with Gasteiger partial charge in [-0.05, 0) is 25.7 Å². The van der Waals surface area contributed by atoms with Gasteiger partial charge >= 0.3 is 11.9 Å². The van der Waals surface area contributed by atoms with Gasteiger partial charge in [0.2, 0.25) is 0 Å². The van der Waals surface area contributed by atoms with Crippen LogP contribution in [0.15, 0.2) is 0 Å². The highest BCUT2D eigenvalue weighted by atomic mass is 16.5. The Bertz CT molecular complexity index is 547. The Balaban J connectivity index is 3.70. The number of esters is 1. The molecule has 244 valence electrons. The standard InChI is InChI=1S/C37H72O4/c1-3-5-7-9-11-13-15-17-18-19-20-21-23-25-27-29-31-35(33-34-36(38)39)41-37(40)32-30-28-26-24-22-16-14-12-10-8-6-4-2/h35H,3-34H2,1-2H3,(H,38,39). The molecule has 0 rings (SSSR count). The molecule has 0 heterocycles. The fourth-order valence-corrected chi connectivity index (χ4v) is 5.82. The first-order valence-corrected chi connectivity index (χ1v) is 18.5. The molecule has 0 amide bonds. The molecule has 4 heteroatoms. The summed E-state index contributed by atoms with van der Waals surface area (Å²) in [6, 6.07) is 0. The zero-order chi connectivity index (χ0) is 30.1. The molecule has 0 spiro atoms. The number of carboxylic acid groups (broad SMARTS) is 1. The van der Waals surface area contributed by atoms with Crippen LogP contribution in [-0.4, -0.2) is 23.1 Å². The lowest BCUT2D eigenvalue weighted by Gasteiger charge is -2.17. The van der Waals surface area contributed by atoms with Gasteiger partial charge in [-0.2, -0.15) is 0 Å². The second kappa shape index (κ2) is 33.4. The van der Waals surface area contributed by atoms with Crippen LogP contribution in [0.5, 0.6) is 0 Å². The van der Waals surface area contributed by atoms with Crippen LogP contribution >= 0.6 is 0 Å². The maximum atomic E-state index is 12.4. The molecule has 1 N–H and O–H groups in total. The first-order valence-electron chi connectivity index (χ1n) is 18.5. The summed E-state index contributed by atoms with van der Waals surface area (Å²) in [4.78, 5) is 23.5. The molecule has 0 radical (unpaired) electrons. The minimum atomic E-state index is -0.806. The fourth-order valence-electron chi connectivity index (χ4n) is 5.82. The average molecular weight is 581 g/mol. The number of hydrogen-bond acceptors (Lipinski definition) is 3. The zero-order valence-corrected chi connectivity index (χ0v) is 27.9. The smallest absolute Gasteiger partial charge is 0.306 e. The third-order valence-corrected chi connectivity index (χ3v) is 8.59. The van der Waals surface area contributed by atoms with E-state index in [1.807, 2.05) is 0 Å². The summed E-state index contributed by atoms with van der Waals surface area (Å²) in [6.45, 7) is 4.54. The third-order valence-electron chi connectivity index (χ3n) is 8.59. The summed E-state index contributed by atoms with van der Waals surface area (Å²) in [6.07, 6.45) is 38.3. The van der Waals surface area contributed by atoms with Gasteiger partial charge in [0.05, 0.1) is 0 Å². The number of aliphatic carboxylic acids is 1. The normalized spacial score (nSPS) is 12.0. The van der Waals surface area contributed by atoms with Crippen LogP contribution in [-0.2, 0) is 14.3 Å². The van der Waals surface area contributed by atoms with Crippen LogP contribution in [0.1, 0.15) is 219 Å². The van der Waals surface area contributed by atoms with Gasteiger partial charge in [0.15, 0.2) is 0 Å². The Kier molecular flexibility index (Phi) is 32.6. The van der Waals surface area contributed by atoms with E-state index in [2.05, 4.69) is 13.8 Å². The van der Waals surface area contributed by atoms with Crippen molar-refractivity contribution in [2.24, 2.45) is 0 Å². The number of carbonyl (C=O) groups is 2. The van der Waals surface area contributed by atoms with Gasteiger partial charge in [-0.15, -0.1) is 0 Å². The Morgan fingerprint density at radius 1 is 0.439 bits per heavy atom. The van der Waals surface area contributed by atoms with Gasteiger partial charge in [0.1, 0.15) is 6.10 Å². The predicted molar refractivity (Wildman–Crippen MR) is 177 cm³/mol. The molecule has 0 aromatic heterocycles. The summed E-state index contributed by atoms with van der Waals surface area (Å²) < 4.78 is 5.72. The zero-order valence-electron chi connectivity index (χ0n) is 27.9. The molecule has 0 aliphatic heterocycles. The highest BCUT2D eigenvalue weighted by molar-refractivity contribution is 5.69. The van der Waals surface area contributed by atoms with Crippen LogP contribution in [0, 0.1) is 0 Å². The lowest BCUT2D eigenvalue weighted by Crippen LogP contribution is -2.19. The van der Waals surface area contributed by atoms with Gasteiger partial charge in [0, 0.05) is 12.8 Å². The quantitative estimate of drug-likeness (QED) is 0.0607. The van der Waals surface area contributed by atoms with Crippen molar-refractivity contribution in [3.05, 3.63) is 0 Å². The molecule has 0 saturated heterocycles. The van der Waals surface area contributed by atoms with E-state index in [1.54, 1.807) is 0 Å². The van der Waals surface area contributed by atoms with Crippen LogP contribution < -0.4 is 0 Å². The van der Waals surface area contributed by atoms with E-state index in [9.17, 15) is 9.59 Å². The minimum absolute atomic E-state index is 0.0788. The molecule has 0 saturated carbocycles. The van der Waals surface area contributed by atoms with Gasteiger partial charge in [-0.3, -0.25) is 9.59 Å². The molecule has 0 aromatic rings. The van der Waals surface area contributed by atoms with Gasteiger partial charge < -0.3 is 9.84 Å². The predicted octanol–water partition coefficient (Wildman–Crippen LogP) is 12.5. The van der Waals surface area contributed by atoms with Crippen molar-refractivity contribution in [3.63, 3.8) is 0 Å². The molecule has 1 atom stereocenters. The largest absolute Gasteiger partial charge is 0.481 e. The first-order chi connectivity index (χ1) is 20.1. The number of hydrogen-bond donors (Lipinski definition) is 1. The van der Waals surface area contributed by atoms with E-state index in [1.165, 1.54) is 154 Å². The second-order valence-electron chi connectivity index (χ2n) is 12.8. The maximum Gasteiger partial charge on any atom is 0.306 e. The van der Waals surface area contributed by atoms with Crippen molar-refractivity contribution in [2.45, 2.75) is 225 Å².